The molecule has 5 heteroatoms. The summed E-state index contributed by atoms with van der Waals surface area (Å²) < 4.78 is 40.5. The van der Waals surface area contributed by atoms with Gasteiger partial charge in [-0.05, 0) is 31.7 Å². The molecule has 2 nitrogen and oxygen atoms in total. The van der Waals surface area contributed by atoms with E-state index >= 15 is 0 Å². The number of alkyl halides is 3. The van der Waals surface area contributed by atoms with Crippen molar-refractivity contribution in [3.8, 4) is 0 Å². The highest BCUT2D eigenvalue weighted by Gasteiger charge is 2.25. The molecule has 0 heterocycles. The Balaban J connectivity index is 1.72. The van der Waals surface area contributed by atoms with Gasteiger partial charge >= 0.3 is 6.18 Å². The smallest absolute Gasteiger partial charge is 0.381 e. The van der Waals surface area contributed by atoms with Gasteiger partial charge in [-0.25, -0.2) is 0 Å². The van der Waals surface area contributed by atoms with E-state index in [9.17, 15) is 13.2 Å². The molecule has 0 spiro atoms. The van der Waals surface area contributed by atoms with Crippen LogP contribution < -0.4 is 5.32 Å². The quantitative estimate of drug-likeness (QED) is 0.640. The van der Waals surface area contributed by atoms with Gasteiger partial charge in [0, 0.05) is 19.8 Å². The molecule has 0 atom stereocenters. The first kappa shape index (κ1) is 12.8. The average Bonchev–Trinajstić information content (AvgIpc) is 2.91. The van der Waals surface area contributed by atoms with E-state index in [0.29, 0.717) is 13.2 Å². The maximum absolute atomic E-state index is 11.7. The van der Waals surface area contributed by atoms with Crippen LogP contribution in [0.3, 0.4) is 0 Å². The molecule has 1 saturated carbocycles. The largest absolute Gasteiger partial charge is 0.390 e. The Kier molecular flexibility index (Phi) is 5.39. The van der Waals surface area contributed by atoms with Crippen LogP contribution in [0.4, 0.5) is 13.2 Å². The third-order valence-electron chi connectivity index (χ3n) is 2.28. The zero-order valence-corrected chi connectivity index (χ0v) is 8.78. The second-order valence-corrected chi connectivity index (χ2v) is 3.99. The van der Waals surface area contributed by atoms with Crippen molar-refractivity contribution in [2.24, 2.45) is 5.92 Å². The lowest BCUT2D eigenvalue weighted by atomic mass is 10.4. The van der Waals surface area contributed by atoms with Crippen molar-refractivity contribution in [1.29, 1.82) is 0 Å². The maximum atomic E-state index is 11.7. The molecule has 0 aromatic heterocycles. The lowest BCUT2D eigenvalue weighted by Crippen LogP contribution is -2.23. The summed E-state index contributed by atoms with van der Waals surface area (Å²) in [6.45, 7) is 2.07. The van der Waals surface area contributed by atoms with Gasteiger partial charge < -0.3 is 10.1 Å². The Labute approximate surface area is 88.2 Å². The third-order valence-corrected chi connectivity index (χ3v) is 2.28. The third kappa shape index (κ3) is 8.69. The van der Waals surface area contributed by atoms with Gasteiger partial charge in [0.25, 0.3) is 0 Å². The molecule has 0 saturated heterocycles. The van der Waals surface area contributed by atoms with E-state index in [1.165, 1.54) is 12.8 Å². The van der Waals surface area contributed by atoms with Crippen LogP contribution in [-0.2, 0) is 4.74 Å². The fourth-order valence-corrected chi connectivity index (χ4v) is 1.19. The Hall–Kier alpha value is -0.290. The highest BCUT2D eigenvalue weighted by Crippen LogP contribution is 2.28. The summed E-state index contributed by atoms with van der Waals surface area (Å²) in [5, 5.41) is 2.75. The molecule has 90 valence electrons. The summed E-state index contributed by atoms with van der Waals surface area (Å²) in [4.78, 5) is 0. The first-order valence-electron chi connectivity index (χ1n) is 5.43. The molecule has 1 fully saturated rings. The van der Waals surface area contributed by atoms with E-state index < -0.39 is 12.6 Å². The van der Waals surface area contributed by atoms with E-state index in [2.05, 4.69) is 5.32 Å². The van der Waals surface area contributed by atoms with Crippen molar-refractivity contribution in [3.63, 3.8) is 0 Å². The number of halogens is 3. The van der Waals surface area contributed by atoms with Crippen LogP contribution in [0.25, 0.3) is 0 Å². The number of hydrogen-bond acceptors (Lipinski definition) is 2. The molecular formula is C10H18F3NO. The molecule has 0 unspecified atom stereocenters. The lowest BCUT2D eigenvalue weighted by molar-refractivity contribution is -0.133. The summed E-state index contributed by atoms with van der Waals surface area (Å²) in [5.74, 6) is 0.753. The first-order chi connectivity index (χ1) is 7.08. The molecule has 0 bridgehead atoms. The molecule has 15 heavy (non-hydrogen) atoms. The van der Waals surface area contributed by atoms with Gasteiger partial charge in [0.15, 0.2) is 0 Å². The fourth-order valence-electron chi connectivity index (χ4n) is 1.19. The van der Waals surface area contributed by atoms with Crippen LogP contribution in [0.15, 0.2) is 0 Å². The van der Waals surface area contributed by atoms with Crippen molar-refractivity contribution < 1.29 is 17.9 Å². The SMILES string of the molecule is FC(F)(F)CCNCCCOCC1CC1. The molecule has 0 amide bonds. The van der Waals surface area contributed by atoms with Crippen molar-refractivity contribution in [2.75, 3.05) is 26.3 Å². The molecule has 1 N–H and O–H groups in total. The minimum Gasteiger partial charge on any atom is -0.381 e. The number of hydrogen-bond donors (Lipinski definition) is 1. The van der Waals surface area contributed by atoms with E-state index in [1.807, 2.05) is 0 Å². The summed E-state index contributed by atoms with van der Waals surface area (Å²) in [6, 6.07) is 0. The van der Waals surface area contributed by atoms with Gasteiger partial charge in [0.2, 0.25) is 0 Å². The lowest BCUT2D eigenvalue weighted by Gasteiger charge is -2.07. The Morgan fingerprint density at radius 3 is 2.53 bits per heavy atom. The first-order valence-corrected chi connectivity index (χ1v) is 5.43. The van der Waals surface area contributed by atoms with E-state index in [-0.39, 0.29) is 6.54 Å². The topological polar surface area (TPSA) is 21.3 Å². The Bertz CT molecular complexity index is 169. The summed E-state index contributed by atoms with van der Waals surface area (Å²) >= 11 is 0. The monoisotopic (exact) mass is 225 g/mol. The Morgan fingerprint density at radius 2 is 1.93 bits per heavy atom. The van der Waals surface area contributed by atoms with Crippen molar-refractivity contribution in [3.05, 3.63) is 0 Å². The van der Waals surface area contributed by atoms with Crippen molar-refractivity contribution in [2.45, 2.75) is 31.9 Å². The Morgan fingerprint density at radius 1 is 1.20 bits per heavy atom. The van der Waals surface area contributed by atoms with Gasteiger partial charge in [-0.1, -0.05) is 0 Å². The van der Waals surface area contributed by atoms with Crippen LogP contribution in [0, 0.1) is 5.92 Å². The van der Waals surface area contributed by atoms with Gasteiger partial charge in [0.05, 0.1) is 6.42 Å². The maximum Gasteiger partial charge on any atom is 0.390 e. The molecular weight excluding hydrogens is 207 g/mol. The normalized spacial score (nSPS) is 17.0. The molecule has 1 aliphatic carbocycles. The van der Waals surface area contributed by atoms with Crippen molar-refractivity contribution >= 4 is 0 Å². The summed E-state index contributed by atoms with van der Waals surface area (Å²) in [5.41, 5.74) is 0. The zero-order valence-electron chi connectivity index (χ0n) is 8.78. The van der Waals surface area contributed by atoms with Crippen LogP contribution in [-0.4, -0.2) is 32.5 Å². The van der Waals surface area contributed by atoms with E-state index in [0.717, 1.165) is 18.9 Å². The summed E-state index contributed by atoms with van der Waals surface area (Å²) in [6.07, 6.45) is -1.48. The molecule has 0 aromatic rings. The predicted molar refractivity (Wildman–Crippen MR) is 51.7 cm³/mol. The van der Waals surface area contributed by atoms with Gasteiger partial charge in [-0.3, -0.25) is 0 Å². The second kappa shape index (κ2) is 6.33. The minimum atomic E-state index is -4.05. The highest BCUT2D eigenvalue weighted by molar-refractivity contribution is 4.71. The zero-order chi connectivity index (χ0) is 11.1. The minimum absolute atomic E-state index is 0.00608. The van der Waals surface area contributed by atoms with Crippen LogP contribution in [0.5, 0.6) is 0 Å². The van der Waals surface area contributed by atoms with Crippen LogP contribution in [0.1, 0.15) is 25.7 Å². The van der Waals surface area contributed by atoms with Gasteiger partial charge in [0.1, 0.15) is 0 Å². The van der Waals surface area contributed by atoms with Crippen LogP contribution in [0.2, 0.25) is 0 Å². The van der Waals surface area contributed by atoms with Crippen molar-refractivity contribution in [1.82, 2.24) is 5.32 Å². The standard InChI is InChI=1S/C10H18F3NO/c11-10(12,13)4-6-14-5-1-7-15-8-9-2-3-9/h9,14H,1-8H2. The molecule has 0 radical (unpaired) electrons. The molecule has 1 aliphatic rings. The average molecular weight is 225 g/mol. The van der Waals surface area contributed by atoms with Gasteiger partial charge in [-0.2, -0.15) is 13.2 Å². The number of nitrogens with one attached hydrogen (secondary N) is 1. The van der Waals surface area contributed by atoms with Gasteiger partial charge in [-0.15, -0.1) is 0 Å². The predicted octanol–water partition coefficient (Wildman–Crippen LogP) is 2.35. The van der Waals surface area contributed by atoms with E-state index in [1.54, 1.807) is 0 Å². The second-order valence-electron chi connectivity index (χ2n) is 3.99. The molecule has 1 rings (SSSR count). The number of ether oxygens (including phenoxy) is 1. The molecule has 0 aliphatic heterocycles. The highest BCUT2D eigenvalue weighted by atomic mass is 19.4. The van der Waals surface area contributed by atoms with E-state index in [4.69, 9.17) is 4.74 Å². The fraction of sp³-hybridized carbons (Fsp3) is 1.00. The summed E-state index contributed by atoms with van der Waals surface area (Å²) in [7, 11) is 0. The van der Waals surface area contributed by atoms with Crippen LogP contribution >= 0.6 is 0 Å². The molecule has 0 aromatic carbocycles. The number of rotatable bonds is 8.